The molecule has 0 aromatic carbocycles. The summed E-state index contributed by atoms with van der Waals surface area (Å²) < 4.78 is 0. The molecule has 0 heterocycles. The van der Waals surface area contributed by atoms with E-state index in [1.54, 1.807) is 0 Å². The number of hydrogen-bond acceptors (Lipinski definition) is 2. The van der Waals surface area contributed by atoms with Crippen molar-refractivity contribution >= 4 is 0 Å². The Bertz CT molecular complexity index is 141. The van der Waals surface area contributed by atoms with Crippen LogP contribution in [0.1, 0.15) is 45.4 Å². The van der Waals surface area contributed by atoms with E-state index in [0.29, 0.717) is 6.04 Å². The minimum absolute atomic E-state index is 0.381. The van der Waals surface area contributed by atoms with E-state index < -0.39 is 0 Å². The van der Waals surface area contributed by atoms with Crippen LogP contribution in [0.3, 0.4) is 0 Å². The van der Waals surface area contributed by atoms with Crippen molar-refractivity contribution < 1.29 is 0 Å². The topological polar surface area (TPSA) is 29.3 Å². The van der Waals surface area contributed by atoms with E-state index in [1.807, 2.05) is 0 Å². The zero-order valence-electron chi connectivity index (χ0n) is 9.84. The second-order valence-corrected chi connectivity index (χ2v) is 5.03. The standard InChI is InChI=1S/C12H26N2/c1-11(13)6-3-4-9-14(2)10-12-7-5-8-12/h11-12H,3-10,13H2,1-2H3. The molecule has 0 radical (unpaired) electrons. The molecule has 84 valence electrons. The Kier molecular flexibility index (Phi) is 5.49. The highest BCUT2D eigenvalue weighted by atomic mass is 15.1. The summed E-state index contributed by atoms with van der Waals surface area (Å²) in [5.41, 5.74) is 5.71. The summed E-state index contributed by atoms with van der Waals surface area (Å²) in [5.74, 6) is 1.01. The predicted octanol–water partition coefficient (Wildman–Crippen LogP) is 2.24. The molecular weight excluding hydrogens is 172 g/mol. The van der Waals surface area contributed by atoms with Crippen molar-refractivity contribution in [2.24, 2.45) is 11.7 Å². The first-order valence-corrected chi connectivity index (χ1v) is 6.12. The van der Waals surface area contributed by atoms with E-state index in [0.717, 1.165) is 5.92 Å². The van der Waals surface area contributed by atoms with Crippen LogP contribution in [-0.4, -0.2) is 31.1 Å². The van der Waals surface area contributed by atoms with E-state index in [4.69, 9.17) is 5.73 Å². The molecular formula is C12H26N2. The second-order valence-electron chi connectivity index (χ2n) is 5.03. The van der Waals surface area contributed by atoms with Crippen LogP contribution in [0.25, 0.3) is 0 Å². The SMILES string of the molecule is CC(N)CCCCN(C)CC1CCC1. The van der Waals surface area contributed by atoms with Crippen molar-refractivity contribution in [3.05, 3.63) is 0 Å². The molecule has 1 aliphatic carbocycles. The molecule has 0 aromatic rings. The Labute approximate surface area is 88.8 Å². The summed E-state index contributed by atoms with van der Waals surface area (Å²) in [6, 6.07) is 0.381. The summed E-state index contributed by atoms with van der Waals surface area (Å²) in [5, 5.41) is 0. The first kappa shape index (κ1) is 12.0. The van der Waals surface area contributed by atoms with Crippen LogP contribution in [0, 0.1) is 5.92 Å². The summed E-state index contributed by atoms with van der Waals surface area (Å²) in [4.78, 5) is 2.49. The van der Waals surface area contributed by atoms with Gasteiger partial charge in [0.15, 0.2) is 0 Å². The van der Waals surface area contributed by atoms with Gasteiger partial charge in [0.1, 0.15) is 0 Å². The van der Waals surface area contributed by atoms with Gasteiger partial charge in [-0.05, 0) is 52.1 Å². The minimum atomic E-state index is 0.381. The third kappa shape index (κ3) is 4.97. The maximum atomic E-state index is 5.71. The van der Waals surface area contributed by atoms with Crippen molar-refractivity contribution in [3.63, 3.8) is 0 Å². The maximum Gasteiger partial charge on any atom is 0.00104 e. The van der Waals surface area contributed by atoms with Gasteiger partial charge in [-0.3, -0.25) is 0 Å². The largest absolute Gasteiger partial charge is 0.328 e. The molecule has 14 heavy (non-hydrogen) atoms. The monoisotopic (exact) mass is 198 g/mol. The number of rotatable bonds is 7. The van der Waals surface area contributed by atoms with Crippen LogP contribution >= 0.6 is 0 Å². The molecule has 1 atom stereocenters. The Morgan fingerprint density at radius 3 is 2.57 bits per heavy atom. The Morgan fingerprint density at radius 2 is 2.07 bits per heavy atom. The van der Waals surface area contributed by atoms with Gasteiger partial charge in [-0.15, -0.1) is 0 Å². The lowest BCUT2D eigenvalue weighted by molar-refractivity contribution is 0.203. The lowest BCUT2D eigenvalue weighted by Gasteiger charge is -2.30. The van der Waals surface area contributed by atoms with Gasteiger partial charge in [0.2, 0.25) is 0 Å². The van der Waals surface area contributed by atoms with Crippen molar-refractivity contribution in [1.29, 1.82) is 0 Å². The molecule has 1 saturated carbocycles. The maximum absolute atomic E-state index is 5.71. The van der Waals surface area contributed by atoms with E-state index in [2.05, 4.69) is 18.9 Å². The predicted molar refractivity (Wildman–Crippen MR) is 62.3 cm³/mol. The lowest BCUT2D eigenvalue weighted by atomic mass is 9.85. The molecule has 0 amide bonds. The smallest absolute Gasteiger partial charge is 0.00104 e. The Balaban J connectivity index is 1.89. The van der Waals surface area contributed by atoms with Crippen molar-refractivity contribution in [1.82, 2.24) is 4.90 Å². The average Bonchev–Trinajstić information content (AvgIpc) is 2.05. The highest BCUT2D eigenvalue weighted by molar-refractivity contribution is 4.72. The molecule has 0 bridgehead atoms. The zero-order valence-corrected chi connectivity index (χ0v) is 9.84. The first-order chi connectivity index (χ1) is 6.68. The van der Waals surface area contributed by atoms with E-state index in [9.17, 15) is 0 Å². The van der Waals surface area contributed by atoms with Gasteiger partial charge in [-0.1, -0.05) is 12.8 Å². The number of hydrogen-bond donors (Lipinski definition) is 1. The van der Waals surface area contributed by atoms with Gasteiger partial charge in [-0.2, -0.15) is 0 Å². The van der Waals surface area contributed by atoms with Gasteiger partial charge >= 0.3 is 0 Å². The van der Waals surface area contributed by atoms with Crippen LogP contribution in [-0.2, 0) is 0 Å². The van der Waals surface area contributed by atoms with Crippen LogP contribution < -0.4 is 5.73 Å². The second kappa shape index (κ2) is 6.41. The molecule has 1 unspecified atom stereocenters. The fourth-order valence-corrected chi connectivity index (χ4v) is 2.06. The summed E-state index contributed by atoms with van der Waals surface area (Å²) in [7, 11) is 2.25. The van der Waals surface area contributed by atoms with E-state index >= 15 is 0 Å². The molecule has 0 aliphatic heterocycles. The summed E-state index contributed by atoms with van der Waals surface area (Å²) in [6.07, 6.45) is 8.16. The molecule has 1 rings (SSSR count). The normalized spacial score (nSPS) is 19.7. The molecule has 0 saturated heterocycles. The zero-order chi connectivity index (χ0) is 10.4. The number of nitrogens with two attached hydrogens (primary N) is 1. The summed E-state index contributed by atoms with van der Waals surface area (Å²) >= 11 is 0. The number of nitrogens with zero attached hydrogens (tertiary/aromatic N) is 1. The Morgan fingerprint density at radius 1 is 1.36 bits per heavy atom. The van der Waals surface area contributed by atoms with Crippen LogP contribution in [0.2, 0.25) is 0 Å². The van der Waals surface area contributed by atoms with Crippen LogP contribution in [0.5, 0.6) is 0 Å². The third-order valence-corrected chi connectivity index (χ3v) is 3.24. The fourth-order valence-electron chi connectivity index (χ4n) is 2.06. The molecule has 1 fully saturated rings. The minimum Gasteiger partial charge on any atom is -0.328 e. The Hall–Kier alpha value is -0.0800. The molecule has 2 heteroatoms. The molecule has 1 aliphatic rings. The third-order valence-electron chi connectivity index (χ3n) is 3.24. The average molecular weight is 198 g/mol. The van der Waals surface area contributed by atoms with Gasteiger partial charge < -0.3 is 10.6 Å². The van der Waals surface area contributed by atoms with Crippen LogP contribution in [0.4, 0.5) is 0 Å². The van der Waals surface area contributed by atoms with Gasteiger partial charge in [0, 0.05) is 12.6 Å². The summed E-state index contributed by atoms with van der Waals surface area (Å²) in [6.45, 7) is 4.67. The van der Waals surface area contributed by atoms with E-state index in [1.165, 1.54) is 51.6 Å². The van der Waals surface area contributed by atoms with Crippen LogP contribution in [0.15, 0.2) is 0 Å². The quantitative estimate of drug-likeness (QED) is 0.636. The molecule has 0 spiro atoms. The van der Waals surface area contributed by atoms with Crippen molar-refractivity contribution in [2.75, 3.05) is 20.1 Å². The van der Waals surface area contributed by atoms with Gasteiger partial charge in [-0.25, -0.2) is 0 Å². The van der Waals surface area contributed by atoms with Crippen molar-refractivity contribution in [2.45, 2.75) is 51.5 Å². The number of unbranched alkanes of at least 4 members (excludes halogenated alkanes) is 1. The molecule has 2 N–H and O–H groups in total. The molecule has 0 aromatic heterocycles. The molecule has 2 nitrogen and oxygen atoms in total. The van der Waals surface area contributed by atoms with Gasteiger partial charge in [0.25, 0.3) is 0 Å². The fraction of sp³-hybridized carbons (Fsp3) is 1.00. The van der Waals surface area contributed by atoms with E-state index in [-0.39, 0.29) is 0 Å². The lowest BCUT2D eigenvalue weighted by Crippen LogP contribution is -2.30. The first-order valence-electron chi connectivity index (χ1n) is 6.12. The highest BCUT2D eigenvalue weighted by Crippen LogP contribution is 2.26. The highest BCUT2D eigenvalue weighted by Gasteiger charge is 2.18. The van der Waals surface area contributed by atoms with Gasteiger partial charge in [0.05, 0.1) is 0 Å². The van der Waals surface area contributed by atoms with Crippen molar-refractivity contribution in [3.8, 4) is 0 Å².